The van der Waals surface area contributed by atoms with Crippen LogP contribution in [0, 0.1) is 6.92 Å². The molecule has 0 radical (unpaired) electrons. The Labute approximate surface area is 115 Å². The third kappa shape index (κ3) is 2.70. The van der Waals surface area contributed by atoms with E-state index in [9.17, 15) is 5.11 Å². The third-order valence-corrected chi connectivity index (χ3v) is 3.97. The lowest BCUT2D eigenvalue weighted by Crippen LogP contribution is -2.41. The van der Waals surface area contributed by atoms with Gasteiger partial charge in [-0.25, -0.2) is 0 Å². The number of hydrogen-bond acceptors (Lipinski definition) is 3. The van der Waals surface area contributed by atoms with Crippen molar-refractivity contribution in [1.29, 1.82) is 0 Å². The molecule has 0 atom stereocenters. The summed E-state index contributed by atoms with van der Waals surface area (Å²) in [6.45, 7) is 9.95. The molecule has 2 rings (SSSR count). The summed E-state index contributed by atoms with van der Waals surface area (Å²) < 4.78 is 11.7. The summed E-state index contributed by atoms with van der Waals surface area (Å²) in [5.41, 5.74) is 0.957. The van der Waals surface area contributed by atoms with Gasteiger partial charge in [-0.2, -0.15) is 0 Å². The van der Waals surface area contributed by atoms with Crippen LogP contribution in [0.3, 0.4) is 0 Å². The molecule has 1 fully saturated rings. The van der Waals surface area contributed by atoms with Crippen molar-refractivity contribution in [3.05, 3.63) is 35.3 Å². The summed E-state index contributed by atoms with van der Waals surface area (Å²) in [6, 6.07) is 5.66. The van der Waals surface area contributed by atoms with Gasteiger partial charge in [0, 0.05) is 5.56 Å². The second-order valence-electron chi connectivity index (χ2n) is 6.00. The van der Waals surface area contributed by atoms with Crippen LogP contribution in [0.1, 0.15) is 38.8 Å². The van der Waals surface area contributed by atoms with Gasteiger partial charge in [0.1, 0.15) is 5.75 Å². The Bertz CT molecular complexity index is 490. The van der Waals surface area contributed by atoms with E-state index >= 15 is 0 Å². The van der Waals surface area contributed by atoms with Gasteiger partial charge in [0.2, 0.25) is 0 Å². The summed E-state index contributed by atoms with van der Waals surface area (Å²) in [5, 5.41) is 9.94. The molecule has 0 bridgehead atoms. The van der Waals surface area contributed by atoms with E-state index in [1.54, 1.807) is 0 Å². The van der Waals surface area contributed by atoms with Crippen LogP contribution in [0.15, 0.2) is 24.2 Å². The van der Waals surface area contributed by atoms with Crippen LogP contribution in [0.5, 0.6) is 5.75 Å². The van der Waals surface area contributed by atoms with E-state index in [-0.39, 0.29) is 18.3 Å². The molecular formula is C15H21BO3. The number of para-hydroxylation sites is 1. The van der Waals surface area contributed by atoms with Gasteiger partial charge >= 0.3 is 7.12 Å². The van der Waals surface area contributed by atoms with Gasteiger partial charge in [0.05, 0.1) is 11.2 Å². The third-order valence-electron chi connectivity index (χ3n) is 3.97. The Balaban J connectivity index is 2.15. The number of hydrogen-bond donors (Lipinski definition) is 1. The van der Waals surface area contributed by atoms with E-state index in [0.717, 1.165) is 11.1 Å². The first-order chi connectivity index (χ1) is 8.73. The largest absolute Gasteiger partial charge is 0.507 e. The molecule has 1 aromatic carbocycles. The highest BCUT2D eigenvalue weighted by molar-refractivity contribution is 6.52. The van der Waals surface area contributed by atoms with Gasteiger partial charge in [-0.3, -0.25) is 0 Å². The number of benzene rings is 1. The second kappa shape index (κ2) is 4.69. The Morgan fingerprint density at radius 2 is 1.68 bits per heavy atom. The molecule has 0 unspecified atom stereocenters. The minimum absolute atomic E-state index is 0.301. The van der Waals surface area contributed by atoms with E-state index in [2.05, 4.69) is 0 Å². The fourth-order valence-electron chi connectivity index (χ4n) is 1.97. The number of aromatic hydroxyl groups is 1. The summed E-state index contributed by atoms with van der Waals surface area (Å²) >= 11 is 0. The zero-order valence-electron chi connectivity index (χ0n) is 12.2. The van der Waals surface area contributed by atoms with E-state index in [1.165, 1.54) is 0 Å². The molecule has 0 aliphatic carbocycles. The van der Waals surface area contributed by atoms with Crippen molar-refractivity contribution in [2.75, 3.05) is 0 Å². The summed E-state index contributed by atoms with van der Waals surface area (Å²) in [5.74, 6) is 2.14. The highest BCUT2D eigenvalue weighted by Gasteiger charge is 2.49. The number of phenols is 1. The van der Waals surface area contributed by atoms with E-state index in [1.807, 2.05) is 64.9 Å². The van der Waals surface area contributed by atoms with Gasteiger partial charge < -0.3 is 14.4 Å². The number of rotatable bonds is 2. The van der Waals surface area contributed by atoms with Gasteiger partial charge in [0.25, 0.3) is 0 Å². The van der Waals surface area contributed by atoms with E-state index in [0.29, 0.717) is 5.75 Å². The maximum Gasteiger partial charge on any atom is 0.487 e. The van der Waals surface area contributed by atoms with Gasteiger partial charge in [-0.1, -0.05) is 30.3 Å². The summed E-state index contributed by atoms with van der Waals surface area (Å²) in [6.07, 6.45) is 1.84. The van der Waals surface area contributed by atoms with E-state index in [4.69, 9.17) is 9.31 Å². The quantitative estimate of drug-likeness (QED) is 0.829. The lowest BCUT2D eigenvalue weighted by Gasteiger charge is -2.32. The van der Waals surface area contributed by atoms with Crippen molar-refractivity contribution in [2.45, 2.75) is 45.8 Å². The molecule has 3 nitrogen and oxygen atoms in total. The van der Waals surface area contributed by atoms with Crippen molar-refractivity contribution in [2.24, 2.45) is 0 Å². The Morgan fingerprint density at radius 3 is 2.26 bits per heavy atom. The molecule has 19 heavy (non-hydrogen) atoms. The molecule has 1 saturated heterocycles. The molecule has 1 aromatic rings. The first kappa shape index (κ1) is 14.2. The normalized spacial score (nSPS) is 21.2. The van der Waals surface area contributed by atoms with Crippen LogP contribution in [0.25, 0.3) is 6.08 Å². The Morgan fingerprint density at radius 1 is 1.11 bits per heavy atom. The van der Waals surface area contributed by atoms with Crippen molar-refractivity contribution in [3.8, 4) is 5.75 Å². The van der Waals surface area contributed by atoms with Crippen LogP contribution in [0.4, 0.5) is 0 Å². The van der Waals surface area contributed by atoms with Crippen molar-refractivity contribution >= 4 is 13.2 Å². The van der Waals surface area contributed by atoms with Crippen LogP contribution in [-0.4, -0.2) is 23.4 Å². The molecule has 0 aromatic heterocycles. The van der Waals surface area contributed by atoms with Crippen LogP contribution in [0.2, 0.25) is 0 Å². The fraction of sp³-hybridized carbons (Fsp3) is 0.467. The van der Waals surface area contributed by atoms with Gasteiger partial charge in [-0.15, -0.1) is 0 Å². The molecular weight excluding hydrogens is 239 g/mol. The molecule has 0 saturated carbocycles. The minimum Gasteiger partial charge on any atom is -0.507 e. The Kier molecular flexibility index (Phi) is 3.50. The minimum atomic E-state index is -0.384. The topological polar surface area (TPSA) is 38.7 Å². The van der Waals surface area contributed by atoms with Crippen LogP contribution >= 0.6 is 0 Å². The van der Waals surface area contributed by atoms with Gasteiger partial charge in [0.15, 0.2) is 0 Å². The average molecular weight is 260 g/mol. The highest BCUT2D eigenvalue weighted by atomic mass is 16.7. The molecule has 1 N–H and O–H groups in total. The molecule has 4 heteroatoms. The maximum atomic E-state index is 9.94. The zero-order chi connectivity index (χ0) is 14.3. The lowest BCUT2D eigenvalue weighted by molar-refractivity contribution is 0.00578. The first-order valence-electron chi connectivity index (χ1n) is 6.55. The first-order valence-corrected chi connectivity index (χ1v) is 6.55. The molecule has 1 aliphatic heterocycles. The number of aryl methyl sites for hydroxylation is 1. The van der Waals surface area contributed by atoms with Crippen molar-refractivity contribution < 1.29 is 14.4 Å². The fourth-order valence-corrected chi connectivity index (χ4v) is 1.97. The maximum absolute atomic E-state index is 9.94. The Hall–Kier alpha value is -1.26. The second-order valence-corrected chi connectivity index (χ2v) is 6.00. The van der Waals surface area contributed by atoms with Crippen molar-refractivity contribution in [1.82, 2.24) is 0 Å². The lowest BCUT2D eigenvalue weighted by atomic mass is 9.89. The molecule has 0 amide bonds. The standard InChI is InChI=1S/C15H21BO3/c1-11-7-6-8-12(13(11)17)9-10-16-18-14(2,3)15(4,5)19-16/h6-10,17H,1-5H3/b10-9+. The van der Waals surface area contributed by atoms with Crippen molar-refractivity contribution in [3.63, 3.8) is 0 Å². The molecule has 0 spiro atoms. The average Bonchev–Trinajstić information content (AvgIpc) is 2.50. The molecule has 102 valence electrons. The highest BCUT2D eigenvalue weighted by Crippen LogP contribution is 2.37. The predicted octanol–water partition coefficient (Wildman–Crippen LogP) is 3.35. The summed E-state index contributed by atoms with van der Waals surface area (Å²) in [4.78, 5) is 0. The smallest absolute Gasteiger partial charge is 0.487 e. The zero-order valence-corrected chi connectivity index (χ0v) is 12.2. The van der Waals surface area contributed by atoms with Crippen LogP contribution < -0.4 is 0 Å². The van der Waals surface area contributed by atoms with E-state index < -0.39 is 0 Å². The SMILES string of the molecule is Cc1cccc(/C=C/B2OC(C)(C)C(C)(C)O2)c1O. The summed E-state index contributed by atoms with van der Waals surface area (Å²) in [7, 11) is -0.384. The molecule has 1 heterocycles. The number of phenolic OH excluding ortho intramolecular Hbond substituents is 1. The molecule has 1 aliphatic rings. The van der Waals surface area contributed by atoms with Crippen LogP contribution in [-0.2, 0) is 9.31 Å². The monoisotopic (exact) mass is 260 g/mol. The van der Waals surface area contributed by atoms with Gasteiger partial charge in [-0.05, 0) is 40.2 Å². The predicted molar refractivity (Wildman–Crippen MR) is 78.0 cm³/mol.